The number of hydrogen-bond donors (Lipinski definition) is 3. The number of rotatable bonds is 18. The molecule has 3 N–H and O–H groups in total. The summed E-state index contributed by atoms with van der Waals surface area (Å²) in [5.41, 5.74) is 0.711. The van der Waals surface area contributed by atoms with Crippen LogP contribution in [0.3, 0.4) is 0 Å². The maximum Gasteiger partial charge on any atom is 0.245 e. The average Bonchev–Trinajstić information content (AvgIpc) is 3.52. The number of aliphatic hydroxyl groups excluding tert-OH is 1. The summed E-state index contributed by atoms with van der Waals surface area (Å²) < 4.78 is 11.5. The lowest BCUT2D eigenvalue weighted by Gasteiger charge is -2.35. The lowest BCUT2D eigenvalue weighted by molar-refractivity contribution is -0.144. The first-order chi connectivity index (χ1) is 22.5. The Morgan fingerprint density at radius 3 is 2.06 bits per heavy atom. The van der Waals surface area contributed by atoms with Crippen molar-refractivity contribution in [2.24, 2.45) is 17.8 Å². The number of benzene rings is 1. The van der Waals surface area contributed by atoms with Crippen molar-refractivity contribution in [3.8, 4) is 0 Å². The van der Waals surface area contributed by atoms with E-state index < -0.39 is 36.3 Å². The molecule has 0 radical (unpaired) electrons. The van der Waals surface area contributed by atoms with Gasteiger partial charge in [0.2, 0.25) is 23.6 Å². The third-order valence-corrected chi connectivity index (χ3v) is 9.44. The Bertz CT molecular complexity index is 1170. The summed E-state index contributed by atoms with van der Waals surface area (Å²) >= 11 is 0. The summed E-state index contributed by atoms with van der Waals surface area (Å²) in [5, 5.41) is 16.6. The Hall–Kier alpha value is -3.06. The molecule has 0 aliphatic carbocycles. The van der Waals surface area contributed by atoms with Crippen LogP contribution >= 0.6 is 0 Å². The number of methoxy groups -OCH3 is 2. The molecule has 4 amide bonds. The topological polar surface area (TPSA) is 141 Å². The molecule has 1 aliphatic heterocycles. The van der Waals surface area contributed by atoms with Gasteiger partial charge in [-0.2, -0.15) is 0 Å². The van der Waals surface area contributed by atoms with Crippen LogP contribution in [0.2, 0.25) is 0 Å². The van der Waals surface area contributed by atoms with Crippen LogP contribution < -0.4 is 10.6 Å². The highest BCUT2D eigenvalue weighted by Crippen LogP contribution is 2.28. The molecule has 0 spiro atoms. The van der Waals surface area contributed by atoms with E-state index in [1.54, 1.807) is 32.9 Å². The predicted octanol–water partition coefficient (Wildman–Crippen LogP) is 2.46. The summed E-state index contributed by atoms with van der Waals surface area (Å²) in [6, 6.07) is 7.21. The van der Waals surface area contributed by atoms with Crippen LogP contribution in [0, 0.1) is 17.8 Å². The molecule has 1 aromatic rings. The number of aliphatic hydroxyl groups is 1. The van der Waals surface area contributed by atoms with Gasteiger partial charge in [-0.15, -0.1) is 0 Å². The zero-order valence-electron chi connectivity index (χ0n) is 30.9. The van der Waals surface area contributed by atoms with E-state index in [0.717, 1.165) is 6.42 Å². The van der Waals surface area contributed by atoms with Crippen molar-refractivity contribution in [3.63, 3.8) is 0 Å². The Labute approximate surface area is 287 Å². The van der Waals surface area contributed by atoms with Gasteiger partial charge >= 0.3 is 0 Å². The van der Waals surface area contributed by atoms with Gasteiger partial charge in [-0.3, -0.25) is 24.1 Å². The summed E-state index contributed by atoms with van der Waals surface area (Å²) in [5.74, 6) is -1.55. The van der Waals surface area contributed by atoms with Crippen molar-refractivity contribution in [1.82, 2.24) is 25.3 Å². The SMILES string of the molecule is CO[C@H](CC(=O)N1CCC[C@H]1[C@H](OC)[C@@H](C)C(=O)N[C@H](C)[C@@H](O)c1ccccc1)CN(C)C(=O)[C@@H](NC(=O)[C@H](C(C)C)N(C)C)C(C)C. The standard InChI is InChI=1S/C36H61N5O7/c1-22(2)30(38-35(45)31(23(3)4)39(7)8)36(46)40(9)21-27(47-10)20-29(42)41-19-15-18-28(41)33(48-11)24(5)34(44)37-25(6)32(43)26-16-13-12-14-17-26/h12-14,16-17,22-25,27-28,30-33,43H,15,18-21H2,1-11H3,(H,37,44)(H,38,45)/t24-,25-,27-,28+,30+,31+,32-,33-/m1/s1. The van der Waals surface area contributed by atoms with Crippen LogP contribution in [0.4, 0.5) is 0 Å². The summed E-state index contributed by atoms with van der Waals surface area (Å²) in [6.07, 6.45) is -0.523. The van der Waals surface area contributed by atoms with E-state index in [0.29, 0.717) is 18.5 Å². The van der Waals surface area contributed by atoms with E-state index in [1.807, 2.05) is 77.0 Å². The Morgan fingerprint density at radius 1 is 0.917 bits per heavy atom. The number of nitrogens with zero attached hydrogens (tertiary/aromatic N) is 3. The smallest absolute Gasteiger partial charge is 0.245 e. The largest absolute Gasteiger partial charge is 0.386 e. The van der Waals surface area contributed by atoms with Crippen molar-refractivity contribution in [1.29, 1.82) is 0 Å². The molecule has 48 heavy (non-hydrogen) atoms. The number of carbonyl (C=O) groups is 4. The van der Waals surface area contributed by atoms with Crippen molar-refractivity contribution in [2.45, 2.75) is 103 Å². The fourth-order valence-corrected chi connectivity index (χ4v) is 6.71. The lowest BCUT2D eigenvalue weighted by Crippen LogP contribution is -2.56. The van der Waals surface area contributed by atoms with Crippen molar-refractivity contribution < 1.29 is 33.8 Å². The Balaban J connectivity index is 2.06. The Kier molecular flexibility index (Phi) is 16.5. The second kappa shape index (κ2) is 19.2. The molecule has 1 fully saturated rings. The van der Waals surface area contributed by atoms with Crippen molar-refractivity contribution >= 4 is 23.6 Å². The minimum Gasteiger partial charge on any atom is -0.386 e. The highest BCUT2D eigenvalue weighted by atomic mass is 16.5. The second-order valence-electron chi connectivity index (χ2n) is 14.1. The van der Waals surface area contributed by atoms with Gasteiger partial charge in [0.05, 0.1) is 48.8 Å². The first-order valence-corrected chi connectivity index (χ1v) is 17.2. The average molecular weight is 676 g/mol. The van der Waals surface area contributed by atoms with Crippen LogP contribution in [-0.2, 0) is 28.7 Å². The van der Waals surface area contributed by atoms with Gasteiger partial charge in [0.15, 0.2) is 0 Å². The molecular formula is C36H61N5O7. The highest BCUT2D eigenvalue weighted by molar-refractivity contribution is 5.90. The maximum absolute atomic E-state index is 13.7. The maximum atomic E-state index is 13.7. The first-order valence-electron chi connectivity index (χ1n) is 17.2. The molecule has 1 aliphatic rings. The van der Waals surface area contributed by atoms with Crippen LogP contribution in [0.1, 0.15) is 72.5 Å². The van der Waals surface area contributed by atoms with Gasteiger partial charge in [-0.05, 0) is 51.3 Å². The molecule has 0 saturated carbocycles. The van der Waals surface area contributed by atoms with E-state index in [2.05, 4.69) is 10.6 Å². The molecule has 2 rings (SSSR count). The van der Waals surface area contributed by atoms with Gasteiger partial charge in [-0.1, -0.05) is 65.0 Å². The molecule has 0 bridgehead atoms. The van der Waals surface area contributed by atoms with Gasteiger partial charge < -0.3 is 35.0 Å². The number of hydrogen-bond acceptors (Lipinski definition) is 8. The van der Waals surface area contributed by atoms with Gasteiger partial charge in [-0.25, -0.2) is 0 Å². The van der Waals surface area contributed by atoms with Crippen molar-refractivity contribution in [3.05, 3.63) is 35.9 Å². The third-order valence-electron chi connectivity index (χ3n) is 9.44. The Morgan fingerprint density at radius 2 is 1.54 bits per heavy atom. The number of likely N-dealkylation sites (N-methyl/N-ethyl adjacent to an activating group) is 2. The van der Waals surface area contributed by atoms with Crippen LogP contribution in [0.15, 0.2) is 30.3 Å². The molecule has 1 heterocycles. The molecule has 0 aromatic heterocycles. The number of nitrogens with one attached hydrogen (secondary N) is 2. The number of ether oxygens (including phenoxy) is 2. The zero-order valence-corrected chi connectivity index (χ0v) is 30.9. The quantitative estimate of drug-likeness (QED) is 0.216. The monoisotopic (exact) mass is 675 g/mol. The molecule has 12 heteroatoms. The van der Waals surface area contributed by atoms with Crippen LogP contribution in [0.25, 0.3) is 0 Å². The van der Waals surface area contributed by atoms with E-state index in [9.17, 15) is 24.3 Å². The molecular weight excluding hydrogens is 614 g/mol. The third kappa shape index (κ3) is 11.0. The normalized spacial score (nSPS) is 19.4. The van der Waals surface area contributed by atoms with E-state index in [4.69, 9.17) is 9.47 Å². The van der Waals surface area contributed by atoms with Crippen molar-refractivity contribution in [2.75, 3.05) is 48.5 Å². The predicted molar refractivity (Wildman–Crippen MR) is 186 cm³/mol. The minimum atomic E-state index is -0.869. The minimum absolute atomic E-state index is 0.0384. The molecule has 8 atom stereocenters. The van der Waals surface area contributed by atoms with Crippen LogP contribution in [-0.4, -0.2) is 128 Å². The van der Waals surface area contributed by atoms with Gasteiger partial charge in [0, 0.05) is 34.4 Å². The van der Waals surface area contributed by atoms with Gasteiger partial charge in [0.25, 0.3) is 0 Å². The zero-order chi connectivity index (χ0) is 36.3. The molecule has 1 saturated heterocycles. The first kappa shape index (κ1) is 41.1. The van der Waals surface area contributed by atoms with E-state index in [-0.39, 0.29) is 60.5 Å². The van der Waals surface area contributed by atoms with E-state index >= 15 is 0 Å². The fourth-order valence-electron chi connectivity index (χ4n) is 6.71. The number of carbonyl (C=O) groups excluding carboxylic acids is 4. The highest BCUT2D eigenvalue weighted by Gasteiger charge is 2.41. The number of likely N-dealkylation sites (tertiary alicyclic amines) is 1. The summed E-state index contributed by atoms with van der Waals surface area (Å²) in [6.45, 7) is 11.9. The molecule has 0 unspecified atom stereocenters. The summed E-state index contributed by atoms with van der Waals surface area (Å²) in [7, 11) is 8.40. The molecule has 1 aromatic carbocycles. The fraction of sp³-hybridized carbons (Fsp3) is 0.722. The molecule has 272 valence electrons. The number of amides is 4. The van der Waals surface area contributed by atoms with Crippen LogP contribution in [0.5, 0.6) is 0 Å². The summed E-state index contributed by atoms with van der Waals surface area (Å²) in [4.78, 5) is 58.8. The molecule has 12 nitrogen and oxygen atoms in total. The second-order valence-corrected chi connectivity index (χ2v) is 14.1. The van der Waals surface area contributed by atoms with E-state index in [1.165, 1.54) is 12.0 Å². The lowest BCUT2D eigenvalue weighted by atomic mass is 9.94. The van der Waals surface area contributed by atoms with Gasteiger partial charge in [0.1, 0.15) is 6.04 Å².